The molecule has 24 nitrogen and oxygen atoms in total. The van der Waals surface area contributed by atoms with Gasteiger partial charge in [-0.05, 0) is 38.7 Å². The Kier molecular flexibility index (Phi) is 28.7. The van der Waals surface area contributed by atoms with Crippen LogP contribution in [0.2, 0.25) is 0 Å². The number of ether oxygens (including phenoxy) is 5. The molecule has 23 atom stereocenters. The lowest BCUT2D eigenvalue weighted by Crippen LogP contribution is -2.69. The molecule has 5 heterocycles. The summed E-state index contributed by atoms with van der Waals surface area (Å²) < 4.78 is 29.8. The van der Waals surface area contributed by atoms with Crippen molar-refractivity contribution in [3.63, 3.8) is 0 Å². The summed E-state index contributed by atoms with van der Waals surface area (Å²) in [5, 5.41) is 158. The first-order valence-corrected chi connectivity index (χ1v) is 30.7. The quantitative estimate of drug-likeness (QED) is 0.145. The molecule has 4 fully saturated rings. The summed E-state index contributed by atoms with van der Waals surface area (Å²) in [4.78, 5) is 31.5. The van der Waals surface area contributed by atoms with Crippen molar-refractivity contribution in [1.82, 2.24) is 15.1 Å². The monoisotopic (exact) mass is 1240 g/mol. The first-order valence-electron chi connectivity index (χ1n) is 30.7. The Balaban J connectivity index is 1.27. The van der Waals surface area contributed by atoms with Gasteiger partial charge in [0, 0.05) is 70.2 Å². The fraction of sp³-hybridized carbons (Fsp3) is 0.656. The topological polar surface area (TPSA) is 382 Å². The van der Waals surface area contributed by atoms with Crippen LogP contribution in [-0.2, 0) is 39.8 Å². The van der Waals surface area contributed by atoms with E-state index in [1.54, 1.807) is 97.7 Å². The third-order valence-electron chi connectivity index (χ3n) is 17.2. The SMILES string of the molecule is CC1[C@H](C)OC(=O)C[C@H](O)C[C@H](O)CC[C@@H](O)[C@H](O)C[C@H](O)C[C@]2(O)C[C@H](O)C(C(=O)N3CCN(Cc4ccccc4)CC3)C(C[C@@H](OC3O[C@H](C)[C@@H](O)[C@H](NC[C@@]4(O)OC[C@@H](O)[C@@H](O)[C@@H]4O)[C@@H]3O)C=CC=CC=CC=CC=CC=CC=C[C@H](C)[C@H]1O)O2. The van der Waals surface area contributed by atoms with Crippen LogP contribution in [0.15, 0.2) is 115 Å². The number of carbonyl (C=O) groups excluding carboxylic acids is 2. The van der Waals surface area contributed by atoms with E-state index in [4.69, 9.17) is 23.7 Å². The summed E-state index contributed by atoms with van der Waals surface area (Å²) in [6.45, 7) is 7.72. The van der Waals surface area contributed by atoms with Gasteiger partial charge in [0.15, 0.2) is 12.1 Å². The van der Waals surface area contributed by atoms with Crippen molar-refractivity contribution in [3.8, 4) is 0 Å². The molecule has 6 rings (SSSR count). The summed E-state index contributed by atoms with van der Waals surface area (Å²) in [7, 11) is 0. The lowest BCUT2D eigenvalue weighted by atomic mass is 9.81. The largest absolute Gasteiger partial charge is 0.462 e. The lowest BCUT2D eigenvalue weighted by molar-refractivity contribution is -0.323. The number of amides is 1. The average Bonchev–Trinajstić information content (AvgIpc) is 1.12. The Hall–Kier alpha value is -4.46. The predicted molar refractivity (Wildman–Crippen MR) is 320 cm³/mol. The van der Waals surface area contributed by atoms with Crippen LogP contribution >= 0.6 is 0 Å². The van der Waals surface area contributed by atoms with Gasteiger partial charge in [0.05, 0.1) is 98.7 Å². The lowest BCUT2D eigenvalue weighted by Gasteiger charge is -2.48. The van der Waals surface area contributed by atoms with Crippen LogP contribution in [0.25, 0.3) is 0 Å². The molecule has 0 saturated carbocycles. The van der Waals surface area contributed by atoms with E-state index >= 15 is 0 Å². The second-order valence-electron chi connectivity index (χ2n) is 24.3. The first kappa shape index (κ1) is 72.6. The third-order valence-corrected chi connectivity index (χ3v) is 17.2. The van der Waals surface area contributed by atoms with Gasteiger partial charge in [0.25, 0.3) is 0 Å². The van der Waals surface area contributed by atoms with Gasteiger partial charge in [-0.2, -0.15) is 0 Å². The molecule has 4 saturated heterocycles. The molecule has 0 aromatic heterocycles. The van der Waals surface area contributed by atoms with E-state index in [2.05, 4.69) is 10.2 Å². The number of aliphatic hydroxyl groups excluding tert-OH is 12. The zero-order chi connectivity index (χ0) is 64.3. The molecule has 2 bridgehead atoms. The molecule has 88 heavy (non-hydrogen) atoms. The number of cyclic esters (lactones) is 1. The molecule has 0 spiro atoms. The number of nitrogens with one attached hydrogen (secondary N) is 1. The molecule has 5 aliphatic rings. The maximum Gasteiger partial charge on any atom is 0.308 e. The molecule has 0 radical (unpaired) electrons. The Morgan fingerprint density at radius 1 is 0.636 bits per heavy atom. The smallest absolute Gasteiger partial charge is 0.308 e. The van der Waals surface area contributed by atoms with Gasteiger partial charge in [0.2, 0.25) is 11.7 Å². The summed E-state index contributed by atoms with van der Waals surface area (Å²) in [5.74, 6) is -8.20. The molecule has 4 unspecified atom stereocenters. The molecule has 15 N–H and O–H groups in total. The average molecular weight is 1240 g/mol. The predicted octanol–water partition coefficient (Wildman–Crippen LogP) is -0.596. The number of nitrogens with zero attached hydrogens (tertiary/aromatic N) is 2. The minimum atomic E-state index is -2.47. The number of aliphatic hydroxyl groups is 14. The van der Waals surface area contributed by atoms with E-state index in [9.17, 15) is 81.1 Å². The summed E-state index contributed by atoms with van der Waals surface area (Å²) >= 11 is 0. The number of benzene rings is 1. The standard InChI is InChI=1S/C64H97N3O21/c1-39-20-16-13-11-9-7-5-6-8-10-12-14-19-23-47(87-62-59(79)55(57(77)42(4)86-62)65-38-64(83)60(80)58(78)51(74)37-84-64)33-52-54(61(81)67-28-26-66(27-29-67)36-43-21-17-15-18-22-43)50(73)35-63(82,88-52)34-46(70)31-49(72)48(71)25-24-44(68)30-45(69)32-53(75)85-41(3)40(2)56(39)76/h5-23,39-42,44-52,54-60,62,65,68-74,76-80,82-83H,24-38H2,1-4H3/t39-,40?,41-,42+,44+,45+,46-,47-,48+,49+,50-,51+,52?,54?,55-,56+,57+,58+,59-,60-,62?,63+,64+/m0/s1. The van der Waals surface area contributed by atoms with E-state index < -0.39 is 184 Å². The molecule has 24 heteroatoms. The van der Waals surface area contributed by atoms with Crippen molar-refractivity contribution in [2.75, 3.05) is 39.3 Å². The van der Waals surface area contributed by atoms with Gasteiger partial charge in [-0.1, -0.05) is 129 Å². The zero-order valence-corrected chi connectivity index (χ0v) is 50.7. The minimum Gasteiger partial charge on any atom is -0.462 e. The van der Waals surface area contributed by atoms with Crippen LogP contribution in [0.3, 0.4) is 0 Å². The Labute approximate surface area is 515 Å². The number of allylic oxidation sites excluding steroid dienone is 12. The van der Waals surface area contributed by atoms with Gasteiger partial charge in [0.1, 0.15) is 30.5 Å². The fourth-order valence-electron chi connectivity index (χ4n) is 11.7. The highest BCUT2D eigenvalue weighted by Gasteiger charge is 2.53. The maximum absolute atomic E-state index is 14.9. The van der Waals surface area contributed by atoms with Crippen LogP contribution in [0.5, 0.6) is 0 Å². The fourth-order valence-corrected chi connectivity index (χ4v) is 11.7. The molecule has 0 aliphatic carbocycles. The number of rotatable bonds is 8. The van der Waals surface area contributed by atoms with Gasteiger partial charge >= 0.3 is 5.97 Å². The van der Waals surface area contributed by atoms with Crippen molar-refractivity contribution < 1.29 is 105 Å². The summed E-state index contributed by atoms with van der Waals surface area (Å²) in [6.07, 6.45) is -2.85. The van der Waals surface area contributed by atoms with Crippen molar-refractivity contribution in [1.29, 1.82) is 0 Å². The van der Waals surface area contributed by atoms with E-state index in [0.717, 1.165) is 5.56 Å². The molecule has 494 valence electrons. The van der Waals surface area contributed by atoms with Crippen LogP contribution in [0.4, 0.5) is 0 Å². The van der Waals surface area contributed by atoms with Crippen molar-refractivity contribution in [2.24, 2.45) is 17.8 Å². The second kappa shape index (κ2) is 34.8. The van der Waals surface area contributed by atoms with E-state index in [1.807, 2.05) is 43.3 Å². The molecule has 1 aromatic carbocycles. The Morgan fingerprint density at radius 2 is 1.25 bits per heavy atom. The molecule has 1 amide bonds. The Morgan fingerprint density at radius 3 is 1.89 bits per heavy atom. The minimum absolute atomic E-state index is 0.130. The van der Waals surface area contributed by atoms with Crippen molar-refractivity contribution in [3.05, 3.63) is 121 Å². The van der Waals surface area contributed by atoms with Crippen LogP contribution in [-0.4, -0.2) is 254 Å². The first-order chi connectivity index (χ1) is 41.8. The Bertz CT molecular complexity index is 2490. The number of hydrogen-bond donors (Lipinski definition) is 15. The number of piperazine rings is 1. The number of hydrogen-bond acceptors (Lipinski definition) is 23. The van der Waals surface area contributed by atoms with Gasteiger partial charge in [-0.25, -0.2) is 0 Å². The van der Waals surface area contributed by atoms with Crippen LogP contribution in [0, 0.1) is 17.8 Å². The summed E-state index contributed by atoms with van der Waals surface area (Å²) in [6, 6.07) is 8.49. The highest BCUT2D eigenvalue weighted by molar-refractivity contribution is 5.80. The molecular weight excluding hydrogens is 1150 g/mol. The van der Waals surface area contributed by atoms with E-state index in [-0.39, 0.29) is 44.7 Å². The van der Waals surface area contributed by atoms with Crippen molar-refractivity contribution >= 4 is 11.9 Å². The maximum atomic E-state index is 14.9. The van der Waals surface area contributed by atoms with E-state index in [1.165, 1.54) is 6.92 Å². The van der Waals surface area contributed by atoms with Gasteiger partial charge in [-0.15, -0.1) is 0 Å². The van der Waals surface area contributed by atoms with Crippen molar-refractivity contribution in [2.45, 2.75) is 207 Å². The van der Waals surface area contributed by atoms with Crippen LogP contribution < -0.4 is 5.32 Å². The normalized spacial score (nSPS) is 40.7. The number of esters is 1. The molecule has 5 aliphatic heterocycles. The number of carbonyl (C=O) groups is 2. The molecule has 1 aromatic rings. The van der Waals surface area contributed by atoms with Gasteiger partial charge < -0.3 is 105 Å². The second-order valence-corrected chi connectivity index (χ2v) is 24.3. The highest BCUT2D eigenvalue weighted by atomic mass is 16.7. The number of fused-ring (bicyclic) bond motifs is 2. The van der Waals surface area contributed by atoms with Gasteiger partial charge in [-0.3, -0.25) is 14.5 Å². The zero-order valence-electron chi connectivity index (χ0n) is 50.7. The third kappa shape index (κ3) is 21.6. The van der Waals surface area contributed by atoms with Crippen LogP contribution in [0.1, 0.15) is 84.6 Å². The van der Waals surface area contributed by atoms with E-state index in [0.29, 0.717) is 19.6 Å². The molecular formula is C64H97N3O21. The highest BCUT2D eigenvalue weighted by Crippen LogP contribution is 2.39. The summed E-state index contributed by atoms with van der Waals surface area (Å²) in [5.41, 5.74) is 1.09.